The van der Waals surface area contributed by atoms with Crippen LogP contribution >= 0.6 is 15.9 Å². The molecular formula is C34H38BrN5O6. The second kappa shape index (κ2) is 14.1. The zero-order valence-corrected chi connectivity index (χ0v) is 27.7. The van der Waals surface area contributed by atoms with Crippen LogP contribution in [-0.2, 0) is 32.0 Å². The summed E-state index contributed by atoms with van der Waals surface area (Å²) in [6, 6.07) is 7.92. The van der Waals surface area contributed by atoms with Gasteiger partial charge in [-0.15, -0.1) is 13.2 Å². The molecule has 0 bridgehead atoms. The fourth-order valence-corrected chi connectivity index (χ4v) is 6.56. The highest BCUT2D eigenvalue weighted by molar-refractivity contribution is 9.10. The number of ether oxygens (including phenoxy) is 2. The molecule has 0 radical (unpaired) electrons. The number of likely N-dealkylation sites (tertiary alicyclic amines) is 1. The van der Waals surface area contributed by atoms with Gasteiger partial charge in [-0.2, -0.15) is 5.10 Å². The summed E-state index contributed by atoms with van der Waals surface area (Å²) in [5.74, 6) is -0.639. The van der Waals surface area contributed by atoms with Crippen molar-refractivity contribution in [2.24, 2.45) is 5.41 Å². The second-order valence-corrected chi connectivity index (χ2v) is 12.7. The van der Waals surface area contributed by atoms with Gasteiger partial charge in [-0.25, -0.2) is 9.78 Å². The number of aryl methyl sites for hydroxylation is 1. The summed E-state index contributed by atoms with van der Waals surface area (Å²) in [7, 11) is 0. The molecule has 242 valence electrons. The van der Waals surface area contributed by atoms with E-state index >= 15 is 0 Å². The van der Waals surface area contributed by atoms with Gasteiger partial charge in [0.2, 0.25) is 5.91 Å². The number of nitrogens with zero attached hydrogens (tertiary/aromatic N) is 4. The summed E-state index contributed by atoms with van der Waals surface area (Å²) in [5.41, 5.74) is 2.38. The van der Waals surface area contributed by atoms with Gasteiger partial charge in [0.25, 0.3) is 0 Å². The highest BCUT2D eigenvalue weighted by atomic mass is 79.9. The van der Waals surface area contributed by atoms with Gasteiger partial charge >= 0.3 is 6.09 Å². The molecule has 2 fully saturated rings. The zero-order valence-electron chi connectivity index (χ0n) is 26.1. The third-order valence-electron chi connectivity index (χ3n) is 8.61. The van der Waals surface area contributed by atoms with E-state index in [0.29, 0.717) is 52.9 Å². The predicted octanol–water partition coefficient (Wildman–Crippen LogP) is 5.59. The summed E-state index contributed by atoms with van der Waals surface area (Å²) in [5, 5.41) is 7.75. The van der Waals surface area contributed by atoms with Crippen molar-refractivity contribution >= 4 is 56.1 Å². The summed E-state index contributed by atoms with van der Waals surface area (Å²) in [4.78, 5) is 59.0. The van der Waals surface area contributed by atoms with Gasteiger partial charge in [0.1, 0.15) is 16.8 Å². The number of fused-ring (bicyclic) bond motifs is 2. The molecule has 1 aromatic carbocycles. The largest absolute Gasteiger partial charge is 0.449 e. The third kappa shape index (κ3) is 7.13. The Morgan fingerprint density at radius 1 is 1.15 bits per heavy atom. The van der Waals surface area contributed by atoms with Crippen molar-refractivity contribution in [3.63, 3.8) is 0 Å². The van der Waals surface area contributed by atoms with Gasteiger partial charge in [0.15, 0.2) is 11.6 Å². The lowest BCUT2D eigenvalue weighted by molar-refractivity contribution is -0.139. The molecule has 3 aromatic rings. The normalized spacial score (nSPS) is 19.8. The number of nitrogens with one attached hydrogen (secondary N) is 1. The lowest BCUT2D eigenvalue weighted by Crippen LogP contribution is -2.45. The SMILES string of the molecule is C=CCCCOC(=O)Nc1ccc2c(C(C)=O)nn(CC(=O)N3[C@H](C(=O)Cc4nc(Br)ccc4C)C[C@@]4(COCC=C)C[C@@H]34)c2c1. The van der Waals surface area contributed by atoms with Crippen molar-refractivity contribution in [1.82, 2.24) is 19.7 Å². The van der Waals surface area contributed by atoms with Crippen molar-refractivity contribution in [1.29, 1.82) is 0 Å². The van der Waals surface area contributed by atoms with Crippen molar-refractivity contribution in [2.45, 2.75) is 64.6 Å². The standard InChI is InChI=1S/C34H38BrN5O6/c1-5-7-8-14-46-33(44)36-23-10-11-24-26(15-23)39(38-32(24)22(4)41)19-31(43)40-27(17-34(18-29(34)40)20-45-13-6-2)28(42)16-25-21(3)9-12-30(35)37-25/h5-6,9-12,15,27,29H,1-2,7-8,13-14,16-20H2,3-4H3,(H,36,44)/t27-,29+,34-/m0/s1. The number of Topliss-reactive ketones (excluding diaryl/α,β-unsaturated/α-hetero) is 2. The van der Waals surface area contributed by atoms with E-state index in [1.807, 2.05) is 19.1 Å². The van der Waals surface area contributed by atoms with E-state index in [-0.39, 0.29) is 54.2 Å². The summed E-state index contributed by atoms with van der Waals surface area (Å²) in [6.07, 6.45) is 5.53. The van der Waals surface area contributed by atoms with E-state index in [0.717, 1.165) is 18.4 Å². The van der Waals surface area contributed by atoms with E-state index in [1.165, 1.54) is 11.6 Å². The van der Waals surface area contributed by atoms with Crippen LogP contribution in [0.25, 0.3) is 10.9 Å². The number of piperidine rings is 1. The number of rotatable bonds is 15. The summed E-state index contributed by atoms with van der Waals surface area (Å²) < 4.78 is 13.1. The van der Waals surface area contributed by atoms with Crippen molar-refractivity contribution in [3.8, 4) is 0 Å². The molecule has 5 rings (SSSR count). The van der Waals surface area contributed by atoms with Gasteiger partial charge in [-0.1, -0.05) is 18.2 Å². The monoisotopic (exact) mass is 691 g/mol. The Kier molecular flexibility index (Phi) is 10.2. The van der Waals surface area contributed by atoms with Gasteiger partial charge in [0.05, 0.1) is 43.5 Å². The minimum atomic E-state index is -0.652. The zero-order chi connectivity index (χ0) is 33.0. The first-order valence-electron chi connectivity index (χ1n) is 15.3. The number of hydrogen-bond acceptors (Lipinski definition) is 8. The fourth-order valence-electron chi connectivity index (χ4n) is 6.21. The number of halogens is 1. The molecule has 1 saturated heterocycles. The number of carbonyl (C=O) groups excluding carboxylic acids is 4. The van der Waals surface area contributed by atoms with Gasteiger partial charge in [-0.3, -0.25) is 24.4 Å². The van der Waals surface area contributed by atoms with Crippen LogP contribution in [0.3, 0.4) is 0 Å². The molecular weight excluding hydrogens is 654 g/mol. The number of allylic oxidation sites excluding steroid dienone is 1. The molecule has 11 nitrogen and oxygen atoms in total. The molecule has 1 saturated carbocycles. The predicted molar refractivity (Wildman–Crippen MR) is 177 cm³/mol. The third-order valence-corrected chi connectivity index (χ3v) is 9.06. The molecule has 0 unspecified atom stereocenters. The van der Waals surface area contributed by atoms with Crippen molar-refractivity contribution in [3.05, 3.63) is 77.2 Å². The number of carbonyl (C=O) groups is 4. The highest BCUT2D eigenvalue weighted by Crippen LogP contribution is 2.60. The minimum Gasteiger partial charge on any atom is -0.449 e. The van der Waals surface area contributed by atoms with Crippen LogP contribution in [-0.4, -0.2) is 75.1 Å². The molecule has 3 heterocycles. The topological polar surface area (TPSA) is 133 Å². The first-order valence-corrected chi connectivity index (χ1v) is 16.1. The molecule has 1 aliphatic carbocycles. The Hall–Kier alpha value is -4.16. The quantitative estimate of drug-likeness (QED) is 0.0944. The molecule has 46 heavy (non-hydrogen) atoms. The van der Waals surface area contributed by atoms with Crippen LogP contribution < -0.4 is 5.32 Å². The number of unbranched alkanes of at least 4 members (excludes halogenated alkanes) is 1. The Balaban J connectivity index is 1.40. The minimum absolute atomic E-state index is 0.0912. The van der Waals surface area contributed by atoms with E-state index in [9.17, 15) is 19.2 Å². The maximum absolute atomic E-state index is 14.1. The maximum atomic E-state index is 14.1. The maximum Gasteiger partial charge on any atom is 0.411 e. The van der Waals surface area contributed by atoms with Crippen molar-refractivity contribution in [2.75, 3.05) is 25.1 Å². The first kappa shape index (κ1) is 33.2. The Morgan fingerprint density at radius 2 is 1.96 bits per heavy atom. The number of ketones is 2. The van der Waals surface area contributed by atoms with Gasteiger partial charge in [-0.05, 0) is 78.4 Å². The fraction of sp³-hybridized carbons (Fsp3) is 0.412. The van der Waals surface area contributed by atoms with Gasteiger partial charge < -0.3 is 14.4 Å². The van der Waals surface area contributed by atoms with Crippen LogP contribution in [0.5, 0.6) is 0 Å². The number of pyridine rings is 1. The number of hydrogen-bond donors (Lipinski definition) is 1. The molecule has 12 heteroatoms. The molecule has 2 amide bonds. The molecule has 0 spiro atoms. The molecule has 1 N–H and O–H groups in total. The first-order chi connectivity index (χ1) is 22.1. The average Bonchev–Trinajstić information content (AvgIpc) is 3.43. The van der Waals surface area contributed by atoms with E-state index < -0.39 is 12.1 Å². The number of amides is 2. The van der Waals surface area contributed by atoms with Crippen LogP contribution in [0.15, 0.2) is 60.2 Å². The highest BCUT2D eigenvalue weighted by Gasteiger charge is 2.67. The molecule has 3 atom stereocenters. The molecule has 2 aromatic heterocycles. The lowest BCUT2D eigenvalue weighted by Gasteiger charge is -2.27. The molecule has 2 aliphatic rings. The summed E-state index contributed by atoms with van der Waals surface area (Å²) in [6.45, 7) is 11.5. The van der Waals surface area contributed by atoms with Crippen molar-refractivity contribution < 1.29 is 28.7 Å². The summed E-state index contributed by atoms with van der Waals surface area (Å²) >= 11 is 3.39. The van der Waals surface area contributed by atoms with E-state index in [4.69, 9.17) is 9.47 Å². The van der Waals surface area contributed by atoms with Crippen LogP contribution in [0.4, 0.5) is 10.5 Å². The smallest absolute Gasteiger partial charge is 0.411 e. The number of aromatic nitrogens is 3. The van der Waals surface area contributed by atoms with Crippen LogP contribution in [0, 0.1) is 12.3 Å². The second-order valence-electron chi connectivity index (χ2n) is 11.9. The lowest BCUT2D eigenvalue weighted by atomic mass is 9.95. The van der Waals surface area contributed by atoms with Crippen LogP contribution in [0.1, 0.15) is 54.4 Å². The van der Waals surface area contributed by atoms with Crippen LogP contribution in [0.2, 0.25) is 0 Å². The van der Waals surface area contributed by atoms with E-state index in [2.05, 4.69) is 44.5 Å². The number of anilines is 1. The molecule has 1 aliphatic heterocycles. The Morgan fingerprint density at radius 3 is 2.70 bits per heavy atom. The number of benzene rings is 1. The Bertz CT molecular complexity index is 1700. The average molecular weight is 693 g/mol. The van der Waals surface area contributed by atoms with E-state index in [1.54, 1.807) is 35.3 Å². The van der Waals surface area contributed by atoms with Gasteiger partial charge in [0, 0.05) is 29.5 Å². The Labute approximate surface area is 276 Å².